The van der Waals surface area contributed by atoms with Gasteiger partial charge in [-0.1, -0.05) is 0 Å². The van der Waals surface area contributed by atoms with Crippen LogP contribution in [0.1, 0.15) is 23.6 Å². The van der Waals surface area contributed by atoms with Crippen molar-refractivity contribution in [2.24, 2.45) is 0 Å². The van der Waals surface area contributed by atoms with Gasteiger partial charge in [-0.25, -0.2) is 18.2 Å². The highest BCUT2D eigenvalue weighted by molar-refractivity contribution is 5.79. The fourth-order valence-electron chi connectivity index (χ4n) is 2.64. The Morgan fingerprint density at radius 2 is 2.00 bits per heavy atom. The van der Waals surface area contributed by atoms with Crippen molar-refractivity contribution in [3.63, 3.8) is 0 Å². The number of benzene rings is 1. The Labute approximate surface area is 129 Å². The topological polar surface area (TPSA) is 61.9 Å². The van der Waals surface area contributed by atoms with E-state index >= 15 is 0 Å². The van der Waals surface area contributed by atoms with Gasteiger partial charge in [0.25, 0.3) is 0 Å². The molecule has 8 heteroatoms. The lowest BCUT2D eigenvalue weighted by Crippen LogP contribution is -2.27. The number of hydrogen-bond donors (Lipinski definition) is 0. The lowest BCUT2D eigenvalue weighted by atomic mass is 9.98. The molecule has 2 aromatic rings. The predicted molar refractivity (Wildman–Crippen MR) is 72.3 cm³/mol. The van der Waals surface area contributed by atoms with Crippen molar-refractivity contribution in [1.29, 1.82) is 5.26 Å². The van der Waals surface area contributed by atoms with E-state index in [0.717, 1.165) is 12.1 Å². The van der Waals surface area contributed by atoms with E-state index in [1.54, 1.807) is 4.57 Å². The number of hydrogen-bond acceptors (Lipinski definition) is 3. The summed E-state index contributed by atoms with van der Waals surface area (Å²) in [5, 5.41) is 8.72. The average Bonchev–Trinajstić information content (AvgIpc) is 3.12. The van der Waals surface area contributed by atoms with E-state index in [9.17, 15) is 18.0 Å². The maximum Gasteiger partial charge on any atom is 0.224 e. The molecule has 1 saturated heterocycles. The van der Waals surface area contributed by atoms with Crippen LogP contribution in [0.15, 0.2) is 24.7 Å². The molecule has 0 bridgehead atoms. The number of carbonyl (C=O) groups excluding carboxylic acids is 1. The minimum atomic E-state index is -1.52. The fraction of sp³-hybridized carbons (Fsp3) is 0.267. The van der Waals surface area contributed by atoms with Gasteiger partial charge in [-0.3, -0.25) is 4.79 Å². The van der Waals surface area contributed by atoms with Crippen LogP contribution in [0.25, 0.3) is 0 Å². The van der Waals surface area contributed by atoms with Gasteiger partial charge >= 0.3 is 0 Å². The van der Waals surface area contributed by atoms with E-state index in [0.29, 0.717) is 0 Å². The number of nitrogens with zero attached hydrogens (tertiary/aromatic N) is 4. The summed E-state index contributed by atoms with van der Waals surface area (Å²) in [7, 11) is 0. The van der Waals surface area contributed by atoms with Crippen molar-refractivity contribution in [2.75, 3.05) is 6.54 Å². The van der Waals surface area contributed by atoms with Gasteiger partial charge in [0.15, 0.2) is 23.1 Å². The van der Waals surface area contributed by atoms with Gasteiger partial charge in [0, 0.05) is 25.1 Å². The third kappa shape index (κ3) is 2.90. The third-order valence-electron chi connectivity index (χ3n) is 3.77. The van der Waals surface area contributed by atoms with Crippen LogP contribution in [-0.2, 0) is 11.5 Å². The summed E-state index contributed by atoms with van der Waals surface area (Å²) in [6.45, 7) is 0.444. The normalized spacial score (nSPS) is 17.6. The van der Waals surface area contributed by atoms with Gasteiger partial charge in [0.1, 0.15) is 6.07 Å². The molecule has 1 aromatic carbocycles. The zero-order valence-corrected chi connectivity index (χ0v) is 11.8. The zero-order chi connectivity index (χ0) is 16.6. The molecule has 1 amide bonds. The SMILES string of the molecule is N#Cc1cn(CN2CC(c3cc(F)c(F)c(F)c3)CC2=O)cn1. The molecular formula is C15H11F3N4O. The van der Waals surface area contributed by atoms with Crippen LogP contribution >= 0.6 is 0 Å². The molecule has 1 aliphatic rings. The summed E-state index contributed by atoms with van der Waals surface area (Å²) in [6.07, 6.45) is 3.01. The first-order chi connectivity index (χ1) is 11.0. The molecule has 2 heterocycles. The Morgan fingerprint density at radius 1 is 1.30 bits per heavy atom. The van der Waals surface area contributed by atoms with Gasteiger partial charge in [-0.15, -0.1) is 0 Å². The summed E-state index contributed by atoms with van der Waals surface area (Å²) in [5.41, 5.74) is 0.483. The molecule has 0 aliphatic carbocycles. The first kappa shape index (κ1) is 15.1. The molecule has 0 saturated carbocycles. The number of imidazole rings is 1. The molecule has 23 heavy (non-hydrogen) atoms. The highest BCUT2D eigenvalue weighted by Gasteiger charge is 2.31. The van der Waals surface area contributed by atoms with Crippen LogP contribution in [0, 0.1) is 28.8 Å². The number of carbonyl (C=O) groups is 1. The molecule has 1 fully saturated rings. The van der Waals surface area contributed by atoms with Gasteiger partial charge in [-0.2, -0.15) is 5.26 Å². The minimum absolute atomic E-state index is 0.0876. The second-order valence-electron chi connectivity index (χ2n) is 5.34. The second-order valence-corrected chi connectivity index (χ2v) is 5.34. The summed E-state index contributed by atoms with van der Waals surface area (Å²) >= 11 is 0. The standard InChI is InChI=1S/C15H11F3N4O/c16-12-1-9(2-13(17)15(12)18)10-3-14(23)22(5-10)8-21-6-11(4-19)20-7-21/h1-2,6-7,10H,3,5,8H2. The first-order valence-electron chi connectivity index (χ1n) is 6.82. The molecule has 1 aliphatic heterocycles. The van der Waals surface area contributed by atoms with E-state index in [1.807, 2.05) is 6.07 Å². The van der Waals surface area contributed by atoms with E-state index < -0.39 is 23.4 Å². The van der Waals surface area contributed by atoms with E-state index in [2.05, 4.69) is 4.98 Å². The summed E-state index contributed by atoms with van der Waals surface area (Å²) in [5.74, 6) is -4.64. The van der Waals surface area contributed by atoms with Gasteiger partial charge in [-0.05, 0) is 17.7 Å². The molecular weight excluding hydrogens is 309 g/mol. The Morgan fingerprint density at radius 3 is 2.61 bits per heavy atom. The Balaban J connectivity index is 1.76. The minimum Gasteiger partial charge on any atom is -0.324 e. The number of amides is 1. The lowest BCUT2D eigenvalue weighted by Gasteiger charge is -2.17. The number of rotatable bonds is 3. The molecule has 1 aromatic heterocycles. The molecule has 0 spiro atoms. The fourth-order valence-corrected chi connectivity index (χ4v) is 2.64. The Kier molecular flexibility index (Phi) is 3.78. The quantitative estimate of drug-likeness (QED) is 0.814. The number of nitriles is 1. The molecule has 0 radical (unpaired) electrons. The Bertz CT molecular complexity index is 788. The molecule has 0 N–H and O–H groups in total. The van der Waals surface area contributed by atoms with E-state index in [4.69, 9.17) is 5.26 Å². The van der Waals surface area contributed by atoms with Crippen LogP contribution in [0.2, 0.25) is 0 Å². The molecule has 118 valence electrons. The van der Waals surface area contributed by atoms with Crippen molar-refractivity contribution >= 4 is 5.91 Å². The highest BCUT2D eigenvalue weighted by Crippen LogP contribution is 2.30. The van der Waals surface area contributed by atoms with Crippen molar-refractivity contribution in [3.05, 3.63) is 53.4 Å². The van der Waals surface area contributed by atoms with Gasteiger partial charge < -0.3 is 9.47 Å². The summed E-state index contributed by atoms with van der Waals surface area (Å²) in [4.78, 5) is 17.4. The van der Waals surface area contributed by atoms with Gasteiger partial charge in [0.05, 0.1) is 13.0 Å². The largest absolute Gasteiger partial charge is 0.324 e. The van der Waals surface area contributed by atoms with Crippen molar-refractivity contribution < 1.29 is 18.0 Å². The first-order valence-corrected chi connectivity index (χ1v) is 6.82. The maximum absolute atomic E-state index is 13.3. The Hall–Kier alpha value is -2.82. The van der Waals surface area contributed by atoms with Crippen LogP contribution in [0.3, 0.4) is 0 Å². The van der Waals surface area contributed by atoms with Crippen LogP contribution in [0.4, 0.5) is 13.2 Å². The van der Waals surface area contributed by atoms with Crippen molar-refractivity contribution in [1.82, 2.24) is 14.5 Å². The maximum atomic E-state index is 13.3. The monoisotopic (exact) mass is 320 g/mol. The zero-order valence-electron chi connectivity index (χ0n) is 11.8. The van der Waals surface area contributed by atoms with E-state index in [-0.39, 0.29) is 36.8 Å². The predicted octanol–water partition coefficient (Wildman–Crippen LogP) is 2.15. The van der Waals surface area contributed by atoms with E-state index in [1.165, 1.54) is 17.4 Å². The summed E-state index contributed by atoms with van der Waals surface area (Å²) in [6, 6.07) is 3.72. The highest BCUT2D eigenvalue weighted by atomic mass is 19.2. The number of aromatic nitrogens is 2. The smallest absolute Gasteiger partial charge is 0.224 e. The van der Waals surface area contributed by atoms with Crippen LogP contribution < -0.4 is 0 Å². The molecule has 5 nitrogen and oxygen atoms in total. The lowest BCUT2D eigenvalue weighted by molar-refractivity contribution is -0.129. The van der Waals surface area contributed by atoms with Crippen molar-refractivity contribution in [3.8, 4) is 6.07 Å². The van der Waals surface area contributed by atoms with Gasteiger partial charge in [0.2, 0.25) is 5.91 Å². The molecule has 1 unspecified atom stereocenters. The third-order valence-corrected chi connectivity index (χ3v) is 3.77. The summed E-state index contributed by atoms with van der Waals surface area (Å²) < 4.78 is 41.2. The van der Waals surface area contributed by atoms with Crippen molar-refractivity contribution in [2.45, 2.75) is 19.0 Å². The molecule has 1 atom stereocenters. The number of likely N-dealkylation sites (tertiary alicyclic amines) is 1. The average molecular weight is 320 g/mol. The number of halogens is 3. The second kappa shape index (κ2) is 5.76. The van der Waals surface area contributed by atoms with Crippen LogP contribution in [0.5, 0.6) is 0 Å². The molecule has 3 rings (SSSR count). The van der Waals surface area contributed by atoms with Crippen LogP contribution in [-0.4, -0.2) is 26.9 Å².